The van der Waals surface area contributed by atoms with Gasteiger partial charge in [0.2, 0.25) is 11.8 Å². The van der Waals surface area contributed by atoms with Crippen molar-refractivity contribution in [2.24, 2.45) is 0 Å². The number of nitrogens with zero attached hydrogens (tertiary/aromatic N) is 2. The molecular formula is C10H10N4O3. The molecule has 1 aliphatic rings. The molecule has 0 aromatic carbocycles. The molecule has 7 nitrogen and oxygen atoms in total. The molecule has 0 bridgehead atoms. The molecule has 0 saturated carbocycles. The van der Waals surface area contributed by atoms with Crippen LogP contribution < -0.4 is 10.6 Å². The minimum Gasteiger partial charge on any atom is -0.340 e. The summed E-state index contributed by atoms with van der Waals surface area (Å²) in [6.07, 6.45) is 4.55. The molecule has 17 heavy (non-hydrogen) atoms. The molecule has 88 valence electrons. The molecular weight excluding hydrogens is 224 g/mol. The molecule has 0 spiro atoms. The lowest BCUT2D eigenvalue weighted by molar-refractivity contribution is -0.134. The summed E-state index contributed by atoms with van der Waals surface area (Å²) in [5.41, 5.74) is 0.275. The summed E-state index contributed by atoms with van der Waals surface area (Å²) < 4.78 is 0. The summed E-state index contributed by atoms with van der Waals surface area (Å²) in [5.74, 6) is -1.23. The van der Waals surface area contributed by atoms with E-state index in [9.17, 15) is 14.4 Å². The number of hydrogen-bond donors (Lipinski definition) is 2. The Kier molecular flexibility index (Phi) is 3.08. The van der Waals surface area contributed by atoms with Crippen molar-refractivity contribution in [3.8, 4) is 0 Å². The van der Waals surface area contributed by atoms with E-state index >= 15 is 0 Å². The first-order valence-electron chi connectivity index (χ1n) is 5.06. The number of imide groups is 1. The van der Waals surface area contributed by atoms with Crippen molar-refractivity contribution < 1.29 is 14.4 Å². The average molecular weight is 234 g/mol. The Labute approximate surface area is 96.6 Å². The maximum atomic E-state index is 11.7. The van der Waals surface area contributed by atoms with Gasteiger partial charge in [0.25, 0.3) is 5.91 Å². The SMILES string of the molecule is O=C1CCC(NC(=O)c2cncnc2)C(=O)N1. The van der Waals surface area contributed by atoms with E-state index in [2.05, 4.69) is 20.6 Å². The van der Waals surface area contributed by atoms with Gasteiger partial charge in [-0.25, -0.2) is 9.97 Å². The Morgan fingerprint density at radius 3 is 2.71 bits per heavy atom. The van der Waals surface area contributed by atoms with E-state index in [1.807, 2.05) is 0 Å². The van der Waals surface area contributed by atoms with E-state index in [-0.39, 0.29) is 17.9 Å². The van der Waals surface area contributed by atoms with Crippen molar-refractivity contribution in [3.05, 3.63) is 24.3 Å². The van der Waals surface area contributed by atoms with Gasteiger partial charge in [-0.05, 0) is 6.42 Å². The number of nitrogens with one attached hydrogen (secondary N) is 2. The number of rotatable bonds is 2. The summed E-state index contributed by atoms with van der Waals surface area (Å²) in [4.78, 5) is 41.4. The maximum absolute atomic E-state index is 11.7. The van der Waals surface area contributed by atoms with Crippen LogP contribution in [0.2, 0.25) is 0 Å². The molecule has 3 amide bonds. The largest absolute Gasteiger partial charge is 0.340 e. The summed E-state index contributed by atoms with van der Waals surface area (Å²) in [7, 11) is 0. The fraction of sp³-hybridized carbons (Fsp3) is 0.300. The van der Waals surface area contributed by atoms with Crippen LogP contribution in [0.1, 0.15) is 23.2 Å². The van der Waals surface area contributed by atoms with E-state index in [0.717, 1.165) is 0 Å². The number of piperidine rings is 1. The average Bonchev–Trinajstić information content (AvgIpc) is 2.34. The Morgan fingerprint density at radius 2 is 2.06 bits per heavy atom. The van der Waals surface area contributed by atoms with Crippen LogP contribution in [0, 0.1) is 0 Å². The molecule has 2 N–H and O–H groups in total. The molecule has 0 radical (unpaired) electrons. The molecule has 1 aromatic rings. The van der Waals surface area contributed by atoms with Crippen molar-refractivity contribution in [2.75, 3.05) is 0 Å². The Bertz CT molecular complexity index is 460. The van der Waals surface area contributed by atoms with Gasteiger partial charge in [-0.2, -0.15) is 0 Å². The van der Waals surface area contributed by atoms with Crippen LogP contribution in [-0.2, 0) is 9.59 Å². The van der Waals surface area contributed by atoms with Crippen LogP contribution in [0.4, 0.5) is 0 Å². The number of aromatic nitrogens is 2. The zero-order valence-electron chi connectivity index (χ0n) is 8.84. The van der Waals surface area contributed by atoms with Crippen molar-refractivity contribution in [1.82, 2.24) is 20.6 Å². The summed E-state index contributed by atoms with van der Waals surface area (Å²) in [6.45, 7) is 0. The molecule has 1 fully saturated rings. The van der Waals surface area contributed by atoms with Crippen molar-refractivity contribution in [2.45, 2.75) is 18.9 Å². The van der Waals surface area contributed by atoms with Crippen molar-refractivity contribution in [3.63, 3.8) is 0 Å². The molecule has 1 aliphatic heterocycles. The molecule has 0 aliphatic carbocycles. The van der Waals surface area contributed by atoms with Crippen LogP contribution in [0.3, 0.4) is 0 Å². The number of carbonyl (C=O) groups excluding carboxylic acids is 3. The van der Waals surface area contributed by atoms with Gasteiger partial charge in [0.1, 0.15) is 12.4 Å². The summed E-state index contributed by atoms with van der Waals surface area (Å²) in [6, 6.07) is -0.680. The quantitative estimate of drug-likeness (QED) is 0.640. The Balaban J connectivity index is 2.00. The van der Waals surface area contributed by atoms with Gasteiger partial charge in [-0.1, -0.05) is 0 Å². The lowest BCUT2D eigenvalue weighted by atomic mass is 10.1. The van der Waals surface area contributed by atoms with Crippen LogP contribution in [-0.4, -0.2) is 33.7 Å². The van der Waals surface area contributed by atoms with Gasteiger partial charge in [0.15, 0.2) is 0 Å². The standard InChI is InChI=1S/C10H10N4O3/c15-8-2-1-7(10(17)14-8)13-9(16)6-3-11-5-12-4-6/h3-5,7H,1-2H2,(H,13,16)(H,14,15,17). The molecule has 1 aromatic heterocycles. The van der Waals surface area contributed by atoms with E-state index < -0.39 is 17.9 Å². The molecule has 1 atom stereocenters. The van der Waals surface area contributed by atoms with Crippen LogP contribution in [0.15, 0.2) is 18.7 Å². The fourth-order valence-corrected chi connectivity index (χ4v) is 1.49. The van der Waals surface area contributed by atoms with E-state index in [1.54, 1.807) is 0 Å². The minimum absolute atomic E-state index is 0.224. The van der Waals surface area contributed by atoms with Crippen LogP contribution in [0.25, 0.3) is 0 Å². The second-order valence-corrected chi connectivity index (χ2v) is 3.60. The molecule has 7 heteroatoms. The lowest BCUT2D eigenvalue weighted by Crippen LogP contribution is -2.52. The van der Waals surface area contributed by atoms with Crippen LogP contribution >= 0.6 is 0 Å². The van der Waals surface area contributed by atoms with Crippen molar-refractivity contribution in [1.29, 1.82) is 0 Å². The van der Waals surface area contributed by atoms with Gasteiger partial charge >= 0.3 is 0 Å². The first kappa shape index (κ1) is 11.2. The first-order chi connectivity index (χ1) is 8.16. The zero-order valence-corrected chi connectivity index (χ0v) is 8.84. The van der Waals surface area contributed by atoms with Gasteiger partial charge in [-0.3, -0.25) is 19.7 Å². The maximum Gasteiger partial charge on any atom is 0.255 e. The molecule has 2 rings (SSSR count). The summed E-state index contributed by atoms with van der Waals surface area (Å²) >= 11 is 0. The second-order valence-electron chi connectivity index (χ2n) is 3.60. The number of amides is 3. The number of hydrogen-bond acceptors (Lipinski definition) is 5. The second kappa shape index (κ2) is 4.69. The smallest absolute Gasteiger partial charge is 0.255 e. The highest BCUT2D eigenvalue weighted by Gasteiger charge is 2.28. The van der Waals surface area contributed by atoms with E-state index in [1.165, 1.54) is 18.7 Å². The van der Waals surface area contributed by atoms with Gasteiger partial charge in [0, 0.05) is 18.8 Å². The lowest BCUT2D eigenvalue weighted by Gasteiger charge is -2.21. The highest BCUT2D eigenvalue weighted by atomic mass is 16.2. The predicted octanol–water partition coefficient (Wildman–Crippen LogP) is -0.988. The third-order valence-corrected chi connectivity index (χ3v) is 2.37. The number of carbonyl (C=O) groups is 3. The minimum atomic E-state index is -0.680. The Morgan fingerprint density at radius 1 is 1.35 bits per heavy atom. The molecule has 1 saturated heterocycles. The molecule has 2 heterocycles. The summed E-state index contributed by atoms with van der Waals surface area (Å²) in [5, 5.41) is 4.68. The van der Waals surface area contributed by atoms with E-state index in [4.69, 9.17) is 0 Å². The monoisotopic (exact) mass is 234 g/mol. The third kappa shape index (κ3) is 2.63. The predicted molar refractivity (Wildman–Crippen MR) is 55.7 cm³/mol. The molecule has 1 unspecified atom stereocenters. The van der Waals surface area contributed by atoms with Crippen molar-refractivity contribution >= 4 is 17.7 Å². The van der Waals surface area contributed by atoms with Gasteiger partial charge in [0.05, 0.1) is 5.56 Å². The zero-order chi connectivity index (χ0) is 12.3. The highest BCUT2D eigenvalue weighted by molar-refractivity contribution is 6.03. The normalized spacial score (nSPS) is 19.6. The first-order valence-corrected chi connectivity index (χ1v) is 5.06. The van der Waals surface area contributed by atoms with E-state index in [0.29, 0.717) is 6.42 Å². The third-order valence-electron chi connectivity index (χ3n) is 2.37. The van der Waals surface area contributed by atoms with Gasteiger partial charge < -0.3 is 5.32 Å². The van der Waals surface area contributed by atoms with Gasteiger partial charge in [-0.15, -0.1) is 0 Å². The Hall–Kier alpha value is -2.31. The fourth-order valence-electron chi connectivity index (χ4n) is 1.49. The van der Waals surface area contributed by atoms with Crippen LogP contribution in [0.5, 0.6) is 0 Å². The highest BCUT2D eigenvalue weighted by Crippen LogP contribution is 2.05. The topological polar surface area (TPSA) is 101 Å².